The van der Waals surface area contributed by atoms with E-state index in [-0.39, 0.29) is 11.5 Å². The molecular formula is C12H14O6. The van der Waals surface area contributed by atoms with Gasteiger partial charge in [0.25, 0.3) is 0 Å². The second kappa shape index (κ2) is 4.81. The van der Waals surface area contributed by atoms with Crippen LogP contribution in [0.1, 0.15) is 6.42 Å². The highest BCUT2D eigenvalue weighted by atomic mass is 16.7. The van der Waals surface area contributed by atoms with Crippen LogP contribution in [-0.2, 0) is 23.8 Å². The molecule has 0 bridgehead atoms. The van der Waals surface area contributed by atoms with Crippen LogP contribution in [0.4, 0.5) is 0 Å². The van der Waals surface area contributed by atoms with Crippen molar-refractivity contribution in [1.29, 1.82) is 0 Å². The van der Waals surface area contributed by atoms with Crippen molar-refractivity contribution in [1.82, 2.24) is 0 Å². The second-order valence-corrected chi connectivity index (χ2v) is 4.14. The molecule has 0 aromatic rings. The van der Waals surface area contributed by atoms with E-state index in [4.69, 9.17) is 14.6 Å². The summed E-state index contributed by atoms with van der Waals surface area (Å²) in [5, 5.41) is 9.13. The zero-order valence-corrected chi connectivity index (χ0v) is 10.1. The molecule has 0 aromatic heterocycles. The first-order chi connectivity index (χ1) is 8.60. The van der Waals surface area contributed by atoms with Crippen molar-refractivity contribution in [2.45, 2.75) is 12.7 Å². The number of carboxylic acid groups (broad SMARTS) is 1. The molecule has 6 nitrogen and oxygen atoms in total. The predicted octanol–water partition coefficient (Wildman–Crippen LogP) is 0.693. The van der Waals surface area contributed by atoms with Crippen molar-refractivity contribution in [2.75, 3.05) is 14.2 Å². The van der Waals surface area contributed by atoms with Gasteiger partial charge in [0.2, 0.25) is 6.29 Å². The molecule has 0 saturated heterocycles. The number of carbonyl (C=O) groups is 2. The van der Waals surface area contributed by atoms with E-state index in [9.17, 15) is 9.59 Å². The topological polar surface area (TPSA) is 82.1 Å². The van der Waals surface area contributed by atoms with E-state index in [2.05, 4.69) is 4.74 Å². The van der Waals surface area contributed by atoms with Gasteiger partial charge in [0.1, 0.15) is 0 Å². The van der Waals surface area contributed by atoms with Crippen LogP contribution in [0.25, 0.3) is 0 Å². The van der Waals surface area contributed by atoms with Crippen molar-refractivity contribution >= 4 is 11.9 Å². The first-order valence-electron chi connectivity index (χ1n) is 5.50. The quantitative estimate of drug-likeness (QED) is 0.746. The molecule has 18 heavy (non-hydrogen) atoms. The van der Waals surface area contributed by atoms with Crippen LogP contribution in [0.3, 0.4) is 0 Å². The molecule has 6 heteroatoms. The molecule has 0 radical (unpaired) electrons. The number of esters is 1. The maximum absolute atomic E-state index is 11.6. The smallest absolute Gasteiger partial charge is 0.337 e. The first-order valence-corrected chi connectivity index (χ1v) is 5.50. The van der Waals surface area contributed by atoms with Gasteiger partial charge in [-0.15, -0.1) is 0 Å². The first kappa shape index (κ1) is 12.6. The SMILES string of the molecule is COC(=O)C1=CO[C@H](OC)C2C(C(=O)O)=CCC12. The third-order valence-electron chi connectivity index (χ3n) is 3.31. The highest BCUT2D eigenvalue weighted by molar-refractivity contribution is 5.92. The van der Waals surface area contributed by atoms with Gasteiger partial charge in [-0.2, -0.15) is 0 Å². The van der Waals surface area contributed by atoms with E-state index < -0.39 is 24.1 Å². The lowest BCUT2D eigenvalue weighted by Crippen LogP contribution is -2.37. The van der Waals surface area contributed by atoms with E-state index in [1.54, 1.807) is 6.08 Å². The molecule has 0 spiro atoms. The van der Waals surface area contributed by atoms with Crippen LogP contribution >= 0.6 is 0 Å². The number of hydrogen-bond donors (Lipinski definition) is 1. The van der Waals surface area contributed by atoms with Gasteiger partial charge in [-0.05, 0) is 6.42 Å². The zero-order chi connectivity index (χ0) is 13.3. The number of methoxy groups -OCH3 is 2. The van der Waals surface area contributed by atoms with Gasteiger partial charge in [-0.25, -0.2) is 9.59 Å². The van der Waals surface area contributed by atoms with Gasteiger partial charge < -0.3 is 19.3 Å². The summed E-state index contributed by atoms with van der Waals surface area (Å²) in [7, 11) is 2.72. The Bertz CT molecular complexity index is 436. The van der Waals surface area contributed by atoms with Crippen molar-refractivity contribution in [3.8, 4) is 0 Å². The average Bonchev–Trinajstić information content (AvgIpc) is 2.81. The van der Waals surface area contributed by atoms with Crippen LogP contribution in [0.2, 0.25) is 0 Å². The molecule has 0 amide bonds. The second-order valence-electron chi connectivity index (χ2n) is 4.14. The fourth-order valence-electron chi connectivity index (χ4n) is 2.47. The molecule has 0 aromatic carbocycles. The number of aliphatic carboxylic acids is 1. The summed E-state index contributed by atoms with van der Waals surface area (Å²) >= 11 is 0. The molecule has 1 heterocycles. The lowest BCUT2D eigenvalue weighted by atomic mass is 9.83. The van der Waals surface area contributed by atoms with Crippen LogP contribution in [0.15, 0.2) is 23.5 Å². The molecule has 2 unspecified atom stereocenters. The molecule has 1 aliphatic carbocycles. The van der Waals surface area contributed by atoms with Crippen LogP contribution in [0, 0.1) is 11.8 Å². The minimum absolute atomic E-state index is 0.223. The molecule has 2 rings (SSSR count). The van der Waals surface area contributed by atoms with Crippen LogP contribution < -0.4 is 0 Å². The Balaban J connectivity index is 2.32. The van der Waals surface area contributed by atoms with E-state index in [1.807, 2.05) is 0 Å². The number of carboxylic acids is 1. The summed E-state index contributed by atoms with van der Waals surface area (Å²) in [5.41, 5.74) is 0.574. The molecule has 1 aliphatic heterocycles. The molecule has 1 N–H and O–H groups in total. The van der Waals surface area contributed by atoms with Crippen LogP contribution in [-0.4, -0.2) is 37.6 Å². The largest absolute Gasteiger partial charge is 0.478 e. The van der Waals surface area contributed by atoms with E-state index in [0.29, 0.717) is 12.0 Å². The van der Waals surface area contributed by atoms with E-state index in [1.165, 1.54) is 20.5 Å². The minimum Gasteiger partial charge on any atom is -0.478 e. The van der Waals surface area contributed by atoms with Crippen molar-refractivity contribution in [2.24, 2.45) is 11.8 Å². The summed E-state index contributed by atoms with van der Waals surface area (Å²) in [5.74, 6) is -2.26. The lowest BCUT2D eigenvalue weighted by Gasteiger charge is -2.33. The monoisotopic (exact) mass is 254 g/mol. The van der Waals surface area contributed by atoms with Crippen molar-refractivity contribution in [3.05, 3.63) is 23.5 Å². The Morgan fingerprint density at radius 2 is 2.11 bits per heavy atom. The minimum atomic E-state index is -1.01. The van der Waals surface area contributed by atoms with E-state index in [0.717, 1.165) is 0 Å². The lowest BCUT2D eigenvalue weighted by molar-refractivity contribution is -0.151. The summed E-state index contributed by atoms with van der Waals surface area (Å²) < 4.78 is 15.1. The van der Waals surface area contributed by atoms with Gasteiger partial charge >= 0.3 is 11.9 Å². The van der Waals surface area contributed by atoms with Gasteiger partial charge in [-0.3, -0.25) is 0 Å². The molecule has 0 fully saturated rings. The molecular weight excluding hydrogens is 240 g/mol. The van der Waals surface area contributed by atoms with Gasteiger partial charge in [0.05, 0.1) is 24.9 Å². The summed E-state index contributed by atoms with van der Waals surface area (Å²) in [4.78, 5) is 22.7. The molecule has 0 saturated carbocycles. The number of hydrogen-bond acceptors (Lipinski definition) is 5. The summed E-state index contributed by atoms with van der Waals surface area (Å²) in [6.07, 6.45) is 2.69. The Morgan fingerprint density at radius 3 is 2.67 bits per heavy atom. The normalized spacial score (nSPS) is 29.8. The highest BCUT2D eigenvalue weighted by Gasteiger charge is 2.46. The Kier molecular flexibility index (Phi) is 3.38. The molecule has 3 atom stereocenters. The Labute approximate surface area is 104 Å². The number of rotatable bonds is 3. The predicted molar refractivity (Wildman–Crippen MR) is 59.3 cm³/mol. The Morgan fingerprint density at radius 1 is 1.39 bits per heavy atom. The average molecular weight is 254 g/mol. The van der Waals surface area contributed by atoms with Gasteiger partial charge in [-0.1, -0.05) is 6.08 Å². The van der Waals surface area contributed by atoms with Crippen molar-refractivity contribution in [3.63, 3.8) is 0 Å². The van der Waals surface area contributed by atoms with Gasteiger partial charge in [0, 0.05) is 18.6 Å². The summed E-state index contributed by atoms with van der Waals surface area (Å²) in [6, 6.07) is 0. The fraction of sp³-hybridized carbons (Fsp3) is 0.500. The fourth-order valence-corrected chi connectivity index (χ4v) is 2.47. The molecule has 98 valence electrons. The Hall–Kier alpha value is -1.82. The highest BCUT2D eigenvalue weighted by Crippen LogP contribution is 2.43. The number of allylic oxidation sites excluding steroid dienone is 1. The van der Waals surface area contributed by atoms with Crippen LogP contribution in [0.5, 0.6) is 0 Å². The zero-order valence-electron chi connectivity index (χ0n) is 10.1. The standard InChI is InChI=1S/C12H14O6/c1-16-11(15)8-5-18-12(17-2)9-6(8)3-4-7(9)10(13)14/h4-6,9,12H,3H2,1-2H3,(H,13,14)/t6?,9?,12-/m0/s1. The maximum Gasteiger partial charge on any atom is 0.337 e. The third-order valence-corrected chi connectivity index (χ3v) is 3.31. The molecule has 2 aliphatic rings. The van der Waals surface area contributed by atoms with Crippen molar-refractivity contribution < 1.29 is 28.9 Å². The third kappa shape index (κ3) is 1.88. The maximum atomic E-state index is 11.6. The summed E-state index contributed by atoms with van der Waals surface area (Å²) in [6.45, 7) is 0. The number of fused-ring (bicyclic) bond motifs is 1. The number of carbonyl (C=O) groups excluding carboxylic acids is 1. The number of ether oxygens (including phenoxy) is 3. The van der Waals surface area contributed by atoms with E-state index >= 15 is 0 Å². The van der Waals surface area contributed by atoms with Gasteiger partial charge in [0.15, 0.2) is 0 Å².